The fraction of sp³-hybridized carbons (Fsp3) is 0.222. The van der Waals surface area contributed by atoms with Crippen LogP contribution >= 0.6 is 0 Å². The number of amides is 1. The van der Waals surface area contributed by atoms with E-state index in [0.29, 0.717) is 17.2 Å². The molecule has 2 aromatic rings. The van der Waals surface area contributed by atoms with Crippen molar-refractivity contribution in [3.63, 3.8) is 0 Å². The Kier molecular flexibility index (Phi) is 5.59. The Morgan fingerprint density at radius 2 is 1.91 bits per heavy atom. The molecule has 0 spiro atoms. The second-order valence-electron chi connectivity index (χ2n) is 4.92. The van der Waals surface area contributed by atoms with Gasteiger partial charge in [-0.15, -0.1) is 0 Å². The van der Waals surface area contributed by atoms with Gasteiger partial charge in [-0.25, -0.2) is 0 Å². The Morgan fingerprint density at radius 1 is 1.17 bits per heavy atom. The predicted octanol–water partition coefficient (Wildman–Crippen LogP) is 3.02. The number of rotatable bonds is 6. The highest BCUT2D eigenvalue weighted by Gasteiger charge is 2.21. The van der Waals surface area contributed by atoms with Crippen LogP contribution in [0, 0.1) is 17.2 Å². The summed E-state index contributed by atoms with van der Waals surface area (Å²) in [7, 11) is 3.12. The lowest BCUT2D eigenvalue weighted by atomic mass is 9.98. The molecule has 0 bridgehead atoms. The number of ether oxygens (including phenoxy) is 2. The average molecular weight is 310 g/mol. The molecule has 0 aliphatic rings. The average Bonchev–Trinajstić information content (AvgIpc) is 2.60. The monoisotopic (exact) mass is 310 g/mol. The maximum absolute atomic E-state index is 12.3. The fourth-order valence-corrected chi connectivity index (χ4v) is 2.21. The van der Waals surface area contributed by atoms with Crippen molar-refractivity contribution in [2.24, 2.45) is 5.92 Å². The highest BCUT2D eigenvalue weighted by Crippen LogP contribution is 2.26. The van der Waals surface area contributed by atoms with Crippen molar-refractivity contribution < 1.29 is 14.3 Å². The lowest BCUT2D eigenvalue weighted by molar-refractivity contribution is -0.118. The van der Waals surface area contributed by atoms with Gasteiger partial charge in [-0.05, 0) is 35.9 Å². The van der Waals surface area contributed by atoms with Crippen molar-refractivity contribution in [2.45, 2.75) is 6.42 Å². The largest absolute Gasteiger partial charge is 0.497 e. The van der Waals surface area contributed by atoms with Crippen molar-refractivity contribution in [1.29, 1.82) is 5.26 Å². The molecular weight excluding hydrogens is 292 g/mol. The number of methoxy groups -OCH3 is 2. The number of nitrogens with zero attached hydrogens (tertiary/aromatic N) is 1. The summed E-state index contributed by atoms with van der Waals surface area (Å²) < 4.78 is 10.5. The molecule has 0 radical (unpaired) electrons. The Morgan fingerprint density at radius 3 is 2.52 bits per heavy atom. The Labute approximate surface area is 135 Å². The van der Waals surface area contributed by atoms with Crippen LogP contribution < -0.4 is 14.8 Å². The first-order valence-electron chi connectivity index (χ1n) is 7.14. The molecule has 23 heavy (non-hydrogen) atoms. The van der Waals surface area contributed by atoms with Gasteiger partial charge in [0.15, 0.2) is 0 Å². The van der Waals surface area contributed by atoms with E-state index in [0.717, 1.165) is 5.56 Å². The van der Waals surface area contributed by atoms with E-state index in [-0.39, 0.29) is 12.3 Å². The van der Waals surface area contributed by atoms with Crippen molar-refractivity contribution in [2.75, 3.05) is 19.5 Å². The Bertz CT molecular complexity index is 708. The zero-order chi connectivity index (χ0) is 16.7. The van der Waals surface area contributed by atoms with E-state index in [1.807, 2.05) is 18.2 Å². The smallest absolute Gasteiger partial charge is 0.242 e. The number of nitrogens with one attached hydrogen (secondary N) is 1. The van der Waals surface area contributed by atoms with E-state index in [1.54, 1.807) is 44.6 Å². The van der Waals surface area contributed by atoms with Crippen LogP contribution in [0.3, 0.4) is 0 Å². The summed E-state index contributed by atoms with van der Waals surface area (Å²) in [5.74, 6) is 0.110. The highest BCUT2D eigenvalue weighted by atomic mass is 16.5. The summed E-state index contributed by atoms with van der Waals surface area (Å²) in [6.45, 7) is 0. The zero-order valence-corrected chi connectivity index (χ0v) is 13.1. The molecule has 118 valence electrons. The number of anilines is 1. The molecule has 0 aliphatic carbocycles. The SMILES string of the molecule is COc1ccc(OC)c(C[C@@H](C#N)C(=O)Nc2ccccc2)c1. The van der Waals surface area contributed by atoms with Crippen molar-refractivity contribution in [3.05, 3.63) is 54.1 Å². The first-order valence-corrected chi connectivity index (χ1v) is 7.14. The summed E-state index contributed by atoms with van der Waals surface area (Å²) in [6, 6.07) is 16.4. The standard InChI is InChI=1S/C18H18N2O3/c1-22-16-8-9-17(23-2)13(11-16)10-14(12-19)18(21)20-15-6-4-3-5-7-15/h3-9,11,14H,10H2,1-2H3,(H,20,21)/t14-/m0/s1. The predicted molar refractivity (Wildman–Crippen MR) is 87.4 cm³/mol. The topological polar surface area (TPSA) is 71.3 Å². The molecule has 5 heteroatoms. The van der Waals surface area contributed by atoms with Gasteiger partial charge >= 0.3 is 0 Å². The first kappa shape index (κ1) is 16.4. The molecule has 0 saturated heterocycles. The third-order valence-corrected chi connectivity index (χ3v) is 3.43. The maximum Gasteiger partial charge on any atom is 0.242 e. The zero-order valence-electron chi connectivity index (χ0n) is 13.1. The van der Waals surface area contributed by atoms with Crippen LogP contribution in [0.2, 0.25) is 0 Å². The minimum atomic E-state index is -0.823. The molecule has 0 heterocycles. The molecule has 2 aromatic carbocycles. The summed E-state index contributed by atoms with van der Waals surface area (Å²) in [5, 5.41) is 12.1. The summed E-state index contributed by atoms with van der Waals surface area (Å²) in [6.07, 6.45) is 0.246. The molecule has 0 saturated carbocycles. The minimum absolute atomic E-state index is 0.246. The third kappa shape index (κ3) is 4.24. The van der Waals surface area contributed by atoms with Crippen LogP contribution in [0.25, 0.3) is 0 Å². The second-order valence-corrected chi connectivity index (χ2v) is 4.92. The number of hydrogen-bond acceptors (Lipinski definition) is 4. The highest BCUT2D eigenvalue weighted by molar-refractivity contribution is 5.94. The van der Waals surface area contributed by atoms with Gasteiger partial charge in [-0.2, -0.15) is 5.26 Å². The van der Waals surface area contributed by atoms with E-state index < -0.39 is 5.92 Å². The van der Waals surface area contributed by atoms with Gasteiger partial charge in [0.2, 0.25) is 5.91 Å². The molecule has 2 rings (SSSR count). The quantitative estimate of drug-likeness (QED) is 0.890. The summed E-state index contributed by atoms with van der Waals surface area (Å²) in [4.78, 5) is 12.3. The van der Waals surface area contributed by atoms with Crippen LogP contribution in [0.1, 0.15) is 5.56 Å². The summed E-state index contributed by atoms with van der Waals surface area (Å²) >= 11 is 0. The fourth-order valence-electron chi connectivity index (χ4n) is 2.21. The number of hydrogen-bond donors (Lipinski definition) is 1. The van der Waals surface area contributed by atoms with Gasteiger partial charge < -0.3 is 14.8 Å². The first-order chi connectivity index (χ1) is 11.2. The van der Waals surface area contributed by atoms with E-state index in [2.05, 4.69) is 11.4 Å². The molecule has 1 N–H and O–H groups in total. The molecule has 0 fully saturated rings. The van der Waals surface area contributed by atoms with Crippen molar-refractivity contribution in [3.8, 4) is 17.6 Å². The number of carbonyl (C=O) groups is 1. The third-order valence-electron chi connectivity index (χ3n) is 3.43. The Balaban J connectivity index is 2.16. The number of nitriles is 1. The maximum atomic E-state index is 12.3. The van der Waals surface area contributed by atoms with Crippen LogP contribution in [0.15, 0.2) is 48.5 Å². The number of para-hydroxylation sites is 1. The van der Waals surface area contributed by atoms with Crippen molar-refractivity contribution >= 4 is 11.6 Å². The van der Waals surface area contributed by atoms with Gasteiger partial charge in [0.25, 0.3) is 0 Å². The van der Waals surface area contributed by atoms with Gasteiger partial charge in [0.05, 0.1) is 20.3 Å². The van der Waals surface area contributed by atoms with Crippen LogP contribution in [-0.2, 0) is 11.2 Å². The molecule has 1 atom stereocenters. The van der Waals surface area contributed by atoms with E-state index >= 15 is 0 Å². The molecule has 0 aliphatic heterocycles. The normalized spacial score (nSPS) is 11.2. The molecule has 5 nitrogen and oxygen atoms in total. The van der Waals surface area contributed by atoms with E-state index in [9.17, 15) is 10.1 Å². The summed E-state index contributed by atoms with van der Waals surface area (Å²) in [5.41, 5.74) is 1.41. The van der Waals surface area contributed by atoms with Crippen molar-refractivity contribution in [1.82, 2.24) is 0 Å². The molecule has 0 aromatic heterocycles. The Hall–Kier alpha value is -3.00. The lowest BCUT2D eigenvalue weighted by Gasteiger charge is -2.14. The number of benzene rings is 2. The lowest BCUT2D eigenvalue weighted by Crippen LogP contribution is -2.23. The molecular formula is C18H18N2O3. The van der Waals surface area contributed by atoms with Gasteiger partial charge in [-0.3, -0.25) is 4.79 Å². The van der Waals surface area contributed by atoms with E-state index in [1.165, 1.54) is 0 Å². The van der Waals surface area contributed by atoms with Gasteiger partial charge in [0.1, 0.15) is 17.4 Å². The van der Waals surface area contributed by atoms with Gasteiger partial charge in [-0.1, -0.05) is 18.2 Å². The van der Waals surface area contributed by atoms with Crippen LogP contribution in [0.5, 0.6) is 11.5 Å². The second kappa shape index (κ2) is 7.85. The van der Waals surface area contributed by atoms with Crippen LogP contribution in [-0.4, -0.2) is 20.1 Å². The van der Waals surface area contributed by atoms with E-state index in [4.69, 9.17) is 9.47 Å². The number of carbonyl (C=O) groups excluding carboxylic acids is 1. The minimum Gasteiger partial charge on any atom is -0.497 e. The van der Waals surface area contributed by atoms with Gasteiger partial charge in [0, 0.05) is 12.1 Å². The molecule has 1 amide bonds. The molecule has 0 unspecified atom stereocenters. The van der Waals surface area contributed by atoms with Crippen LogP contribution in [0.4, 0.5) is 5.69 Å².